The molecule has 7 nitrogen and oxygen atoms in total. The summed E-state index contributed by atoms with van der Waals surface area (Å²) in [6.07, 6.45) is 2.42. The van der Waals surface area contributed by atoms with Crippen molar-refractivity contribution in [3.8, 4) is 5.75 Å². The van der Waals surface area contributed by atoms with E-state index in [0.717, 1.165) is 40.3 Å². The number of aromatic nitrogens is 2. The number of thiophene rings is 1. The van der Waals surface area contributed by atoms with Crippen LogP contribution in [0.3, 0.4) is 0 Å². The van der Waals surface area contributed by atoms with Crippen molar-refractivity contribution in [2.75, 3.05) is 29.6 Å². The Morgan fingerprint density at radius 3 is 2.70 bits per heavy atom. The van der Waals surface area contributed by atoms with Gasteiger partial charge in [-0.15, -0.1) is 11.3 Å². The van der Waals surface area contributed by atoms with Gasteiger partial charge in [0.05, 0.1) is 17.3 Å². The van der Waals surface area contributed by atoms with Gasteiger partial charge in [-0.2, -0.15) is 0 Å². The standard InChI is InChI=1S/C22H21N5O2S/c1-29-18-4-2-3-17(13-18)27-22(28)26-16-7-5-15(6-8-16)9-11-23-21-20-19(10-12-30-20)24-14-25-21/h2-8,10,12-14H,9,11H2,1H3,(H,23,24,25)(H2,26,27,28). The maximum absolute atomic E-state index is 12.2. The number of benzene rings is 2. The van der Waals surface area contributed by atoms with E-state index in [4.69, 9.17) is 4.74 Å². The lowest BCUT2D eigenvalue weighted by Gasteiger charge is -2.10. The molecule has 0 saturated carbocycles. The Labute approximate surface area is 178 Å². The predicted molar refractivity (Wildman–Crippen MR) is 122 cm³/mol. The van der Waals surface area contributed by atoms with Crippen LogP contribution in [0.4, 0.5) is 22.0 Å². The fourth-order valence-electron chi connectivity index (χ4n) is 2.99. The Morgan fingerprint density at radius 2 is 1.87 bits per heavy atom. The topological polar surface area (TPSA) is 88.2 Å². The first-order valence-corrected chi connectivity index (χ1v) is 10.3. The molecule has 2 aromatic carbocycles. The molecule has 4 rings (SSSR count). The molecule has 30 heavy (non-hydrogen) atoms. The molecule has 0 spiro atoms. The van der Waals surface area contributed by atoms with E-state index in [1.807, 2.05) is 47.8 Å². The summed E-state index contributed by atoms with van der Waals surface area (Å²) in [4.78, 5) is 20.8. The minimum atomic E-state index is -0.304. The van der Waals surface area contributed by atoms with Gasteiger partial charge < -0.3 is 20.7 Å². The van der Waals surface area contributed by atoms with Gasteiger partial charge in [0.1, 0.15) is 17.9 Å². The average molecular weight is 420 g/mol. The van der Waals surface area contributed by atoms with Gasteiger partial charge in [0.15, 0.2) is 0 Å². The van der Waals surface area contributed by atoms with Crippen molar-refractivity contribution in [2.24, 2.45) is 0 Å². The molecule has 0 aliphatic carbocycles. The fraction of sp³-hybridized carbons (Fsp3) is 0.136. The molecule has 8 heteroatoms. The number of rotatable bonds is 7. The number of ether oxygens (including phenoxy) is 1. The Kier molecular flexibility index (Phi) is 6.05. The zero-order valence-electron chi connectivity index (χ0n) is 16.4. The second-order valence-electron chi connectivity index (χ2n) is 6.54. The lowest BCUT2D eigenvalue weighted by Crippen LogP contribution is -2.19. The van der Waals surface area contributed by atoms with Gasteiger partial charge in [-0.1, -0.05) is 18.2 Å². The molecule has 2 aromatic heterocycles. The van der Waals surface area contributed by atoms with Crippen LogP contribution in [-0.4, -0.2) is 29.7 Å². The number of methoxy groups -OCH3 is 1. The van der Waals surface area contributed by atoms with Gasteiger partial charge >= 0.3 is 6.03 Å². The maximum Gasteiger partial charge on any atom is 0.323 e. The van der Waals surface area contributed by atoms with E-state index in [-0.39, 0.29) is 6.03 Å². The summed E-state index contributed by atoms with van der Waals surface area (Å²) in [6.45, 7) is 0.757. The van der Waals surface area contributed by atoms with Crippen LogP contribution in [-0.2, 0) is 6.42 Å². The SMILES string of the molecule is COc1cccc(NC(=O)Nc2ccc(CCNc3ncnc4ccsc34)cc2)c1. The molecular weight excluding hydrogens is 398 g/mol. The van der Waals surface area contributed by atoms with Gasteiger partial charge in [-0.3, -0.25) is 0 Å². The van der Waals surface area contributed by atoms with Gasteiger partial charge in [0, 0.05) is 24.0 Å². The second kappa shape index (κ2) is 9.23. The predicted octanol–water partition coefficient (Wildman–Crippen LogP) is 5.00. The van der Waals surface area contributed by atoms with E-state index in [2.05, 4.69) is 25.9 Å². The number of nitrogens with zero attached hydrogens (tertiary/aromatic N) is 2. The van der Waals surface area contributed by atoms with Crippen LogP contribution in [0.25, 0.3) is 10.2 Å². The first kappa shape index (κ1) is 19.7. The normalized spacial score (nSPS) is 10.6. The van der Waals surface area contributed by atoms with Crippen molar-refractivity contribution >= 4 is 44.8 Å². The molecule has 152 valence electrons. The summed E-state index contributed by atoms with van der Waals surface area (Å²) in [6, 6.07) is 16.7. The Morgan fingerprint density at radius 1 is 1.03 bits per heavy atom. The van der Waals surface area contributed by atoms with Gasteiger partial charge in [0.25, 0.3) is 0 Å². The highest BCUT2D eigenvalue weighted by Gasteiger charge is 2.06. The molecule has 0 aliphatic rings. The first-order chi connectivity index (χ1) is 14.7. The Balaban J connectivity index is 1.28. The zero-order valence-corrected chi connectivity index (χ0v) is 17.2. The zero-order chi connectivity index (χ0) is 20.8. The average Bonchev–Trinajstić information content (AvgIpc) is 3.25. The van der Waals surface area contributed by atoms with Crippen molar-refractivity contribution in [1.29, 1.82) is 0 Å². The summed E-state index contributed by atoms with van der Waals surface area (Å²) < 4.78 is 6.23. The third-order valence-electron chi connectivity index (χ3n) is 4.49. The van der Waals surface area contributed by atoms with E-state index in [1.165, 1.54) is 0 Å². The molecule has 4 aromatic rings. The largest absolute Gasteiger partial charge is 0.497 e. The summed E-state index contributed by atoms with van der Waals surface area (Å²) in [5, 5.41) is 11.0. The van der Waals surface area contributed by atoms with Crippen LogP contribution in [0.2, 0.25) is 0 Å². The fourth-order valence-corrected chi connectivity index (χ4v) is 3.80. The van der Waals surface area contributed by atoms with Crippen molar-refractivity contribution in [3.05, 3.63) is 71.9 Å². The third kappa shape index (κ3) is 4.84. The summed E-state index contributed by atoms with van der Waals surface area (Å²) in [5.74, 6) is 1.55. The summed E-state index contributed by atoms with van der Waals surface area (Å²) in [5.41, 5.74) is 3.51. The minimum absolute atomic E-state index is 0.304. The molecule has 0 aliphatic heterocycles. The van der Waals surface area contributed by atoms with E-state index >= 15 is 0 Å². The quantitative estimate of drug-likeness (QED) is 0.392. The first-order valence-electron chi connectivity index (χ1n) is 9.44. The number of urea groups is 1. The molecule has 0 radical (unpaired) electrons. The lowest BCUT2D eigenvalue weighted by atomic mass is 10.1. The number of hydrogen-bond donors (Lipinski definition) is 3. The Bertz CT molecular complexity index is 1140. The molecule has 0 atom stereocenters. The van der Waals surface area contributed by atoms with Crippen LogP contribution >= 0.6 is 11.3 Å². The lowest BCUT2D eigenvalue weighted by molar-refractivity contribution is 0.262. The smallest absolute Gasteiger partial charge is 0.323 e. The number of anilines is 3. The van der Waals surface area contributed by atoms with Crippen LogP contribution < -0.4 is 20.7 Å². The van der Waals surface area contributed by atoms with Gasteiger partial charge in [0.2, 0.25) is 0 Å². The van der Waals surface area contributed by atoms with Crippen molar-refractivity contribution < 1.29 is 9.53 Å². The van der Waals surface area contributed by atoms with Gasteiger partial charge in [-0.05, 0) is 47.7 Å². The number of nitrogens with one attached hydrogen (secondary N) is 3. The van der Waals surface area contributed by atoms with E-state index in [1.54, 1.807) is 36.9 Å². The summed E-state index contributed by atoms with van der Waals surface area (Å²) >= 11 is 1.63. The highest BCUT2D eigenvalue weighted by atomic mass is 32.1. The maximum atomic E-state index is 12.2. The highest BCUT2D eigenvalue weighted by Crippen LogP contribution is 2.24. The number of fused-ring (bicyclic) bond motifs is 1. The van der Waals surface area contributed by atoms with Crippen molar-refractivity contribution in [2.45, 2.75) is 6.42 Å². The molecule has 2 amide bonds. The van der Waals surface area contributed by atoms with E-state index < -0.39 is 0 Å². The molecule has 0 unspecified atom stereocenters. The number of hydrogen-bond acceptors (Lipinski definition) is 6. The molecule has 0 fully saturated rings. The van der Waals surface area contributed by atoms with Crippen LogP contribution in [0.15, 0.2) is 66.3 Å². The molecule has 3 N–H and O–H groups in total. The minimum Gasteiger partial charge on any atom is -0.497 e. The number of carbonyl (C=O) groups excluding carboxylic acids is 1. The number of amides is 2. The monoisotopic (exact) mass is 419 g/mol. The molecule has 2 heterocycles. The Hall–Kier alpha value is -3.65. The van der Waals surface area contributed by atoms with Gasteiger partial charge in [-0.25, -0.2) is 14.8 Å². The summed E-state index contributed by atoms with van der Waals surface area (Å²) in [7, 11) is 1.59. The second-order valence-corrected chi connectivity index (χ2v) is 7.46. The van der Waals surface area contributed by atoms with Crippen LogP contribution in [0.1, 0.15) is 5.56 Å². The molecule has 0 saturated heterocycles. The van der Waals surface area contributed by atoms with E-state index in [9.17, 15) is 4.79 Å². The van der Waals surface area contributed by atoms with Crippen molar-refractivity contribution in [3.63, 3.8) is 0 Å². The van der Waals surface area contributed by atoms with Crippen LogP contribution in [0.5, 0.6) is 5.75 Å². The third-order valence-corrected chi connectivity index (χ3v) is 5.40. The highest BCUT2D eigenvalue weighted by molar-refractivity contribution is 7.17. The van der Waals surface area contributed by atoms with E-state index in [0.29, 0.717) is 11.4 Å². The number of carbonyl (C=O) groups is 1. The van der Waals surface area contributed by atoms with Crippen LogP contribution in [0, 0.1) is 0 Å². The molecular formula is C22H21N5O2S. The van der Waals surface area contributed by atoms with Crippen molar-refractivity contribution in [1.82, 2.24) is 9.97 Å². The molecule has 0 bridgehead atoms.